The molecule has 1 saturated heterocycles. The number of nitrogens with zero attached hydrogens (tertiary/aromatic N) is 4. The van der Waals surface area contributed by atoms with E-state index in [-0.39, 0.29) is 36.8 Å². The Morgan fingerprint density at radius 1 is 1.27 bits per heavy atom. The normalized spacial score (nSPS) is 15.9. The van der Waals surface area contributed by atoms with Gasteiger partial charge in [-0.1, -0.05) is 11.6 Å². The molecule has 10 heteroatoms. The number of aryl methyl sites for hydroxylation is 2. The van der Waals surface area contributed by atoms with Crippen molar-refractivity contribution in [3.63, 3.8) is 0 Å². The molecule has 3 aromatic rings. The molecule has 1 aromatic carbocycles. The van der Waals surface area contributed by atoms with Gasteiger partial charge in [-0.25, -0.2) is 9.97 Å². The van der Waals surface area contributed by atoms with Gasteiger partial charge in [-0.3, -0.25) is 4.79 Å². The number of nitrogens with one attached hydrogen (secondary N) is 1. The van der Waals surface area contributed by atoms with Crippen LogP contribution in [0.3, 0.4) is 0 Å². The molecular formula is C20H24Cl3N5O2. The van der Waals surface area contributed by atoms with E-state index in [1.54, 1.807) is 12.4 Å². The van der Waals surface area contributed by atoms with Crippen LogP contribution in [0, 0.1) is 0 Å². The summed E-state index contributed by atoms with van der Waals surface area (Å²) in [5.41, 5.74) is 0.909. The number of imidazole rings is 1. The average molecular weight is 473 g/mol. The molecule has 4 rings (SSSR count). The van der Waals surface area contributed by atoms with Crippen molar-refractivity contribution < 1.29 is 9.21 Å². The molecule has 2 aromatic heterocycles. The van der Waals surface area contributed by atoms with Crippen LogP contribution < -0.4 is 5.32 Å². The molecule has 0 spiro atoms. The van der Waals surface area contributed by atoms with Crippen LogP contribution in [0.5, 0.6) is 0 Å². The number of halogens is 3. The lowest BCUT2D eigenvalue weighted by Gasteiger charge is -2.35. The Labute approximate surface area is 192 Å². The zero-order chi connectivity index (χ0) is 19.5. The lowest BCUT2D eigenvalue weighted by molar-refractivity contribution is -0.134. The summed E-state index contributed by atoms with van der Waals surface area (Å²) in [6.45, 7) is 2.15. The Morgan fingerprint density at radius 2 is 2.03 bits per heavy atom. The molecule has 162 valence electrons. The van der Waals surface area contributed by atoms with Crippen LogP contribution in [0.15, 0.2) is 47.3 Å². The first kappa shape index (κ1) is 24.2. The molecule has 0 saturated carbocycles. The predicted molar refractivity (Wildman–Crippen MR) is 120 cm³/mol. The molecule has 3 heterocycles. The van der Waals surface area contributed by atoms with Crippen molar-refractivity contribution in [3.05, 3.63) is 59.6 Å². The van der Waals surface area contributed by atoms with Crippen molar-refractivity contribution >= 4 is 42.3 Å². The van der Waals surface area contributed by atoms with Crippen molar-refractivity contribution in [2.45, 2.75) is 18.9 Å². The van der Waals surface area contributed by atoms with E-state index in [1.807, 2.05) is 47.0 Å². The largest absolute Gasteiger partial charge is 0.441 e. The predicted octanol–water partition coefficient (Wildman–Crippen LogP) is 3.68. The molecule has 1 N–H and O–H groups in total. The molecule has 0 bridgehead atoms. The molecule has 30 heavy (non-hydrogen) atoms. The Kier molecular flexibility index (Phi) is 8.73. The number of carbonyl (C=O) groups is 1. The number of hydrogen-bond acceptors (Lipinski definition) is 5. The summed E-state index contributed by atoms with van der Waals surface area (Å²) in [5.74, 6) is 2.21. The van der Waals surface area contributed by atoms with Crippen LogP contribution in [-0.4, -0.2) is 45.0 Å². The van der Waals surface area contributed by atoms with Gasteiger partial charge in [0.25, 0.3) is 0 Å². The minimum Gasteiger partial charge on any atom is -0.441 e. The quantitative estimate of drug-likeness (QED) is 0.613. The SMILES string of the molecule is Cl.Cl.Cn1ccnc1C1CNCCN1C(=O)CCc1ncc(-c2ccc(Cl)cc2)o1. The van der Waals surface area contributed by atoms with Gasteiger partial charge in [0.1, 0.15) is 11.9 Å². The molecular weight excluding hydrogens is 449 g/mol. The van der Waals surface area contributed by atoms with Crippen LogP contribution in [-0.2, 0) is 18.3 Å². The van der Waals surface area contributed by atoms with Gasteiger partial charge >= 0.3 is 0 Å². The van der Waals surface area contributed by atoms with E-state index in [0.29, 0.717) is 42.6 Å². The lowest BCUT2D eigenvalue weighted by Crippen LogP contribution is -2.49. The van der Waals surface area contributed by atoms with E-state index in [2.05, 4.69) is 15.3 Å². The van der Waals surface area contributed by atoms with E-state index < -0.39 is 0 Å². The molecule has 0 radical (unpaired) electrons. The van der Waals surface area contributed by atoms with Crippen LogP contribution in [0.1, 0.15) is 24.2 Å². The number of amides is 1. The number of carbonyl (C=O) groups excluding carboxylic acids is 1. The van der Waals surface area contributed by atoms with Crippen molar-refractivity contribution in [1.82, 2.24) is 24.8 Å². The maximum absolute atomic E-state index is 12.9. The molecule has 7 nitrogen and oxygen atoms in total. The first-order valence-corrected chi connectivity index (χ1v) is 9.67. The van der Waals surface area contributed by atoms with Gasteiger partial charge in [0.2, 0.25) is 5.91 Å². The molecule has 1 aliphatic heterocycles. The number of oxazole rings is 1. The Hall–Kier alpha value is -2.06. The molecule has 1 aliphatic rings. The third-order valence-corrected chi connectivity index (χ3v) is 5.21. The van der Waals surface area contributed by atoms with E-state index >= 15 is 0 Å². The fourth-order valence-electron chi connectivity index (χ4n) is 3.46. The first-order valence-electron chi connectivity index (χ1n) is 9.30. The summed E-state index contributed by atoms with van der Waals surface area (Å²) in [4.78, 5) is 23.5. The summed E-state index contributed by atoms with van der Waals surface area (Å²) < 4.78 is 7.77. The van der Waals surface area contributed by atoms with Crippen LogP contribution >= 0.6 is 36.4 Å². The van der Waals surface area contributed by atoms with Crippen LogP contribution in [0.4, 0.5) is 0 Å². The fourth-order valence-corrected chi connectivity index (χ4v) is 3.59. The van der Waals surface area contributed by atoms with E-state index in [4.69, 9.17) is 16.0 Å². The van der Waals surface area contributed by atoms with E-state index in [0.717, 1.165) is 17.9 Å². The second-order valence-corrected chi connectivity index (χ2v) is 7.26. The highest BCUT2D eigenvalue weighted by Crippen LogP contribution is 2.24. The molecule has 0 aliphatic carbocycles. The number of benzene rings is 1. The Bertz CT molecular complexity index is 958. The number of hydrogen-bond donors (Lipinski definition) is 1. The number of rotatable bonds is 5. The van der Waals surface area contributed by atoms with Gasteiger partial charge < -0.3 is 19.2 Å². The van der Waals surface area contributed by atoms with Gasteiger partial charge in [0.05, 0.1) is 6.20 Å². The maximum atomic E-state index is 12.9. The fraction of sp³-hybridized carbons (Fsp3) is 0.350. The summed E-state index contributed by atoms with van der Waals surface area (Å²) in [6.07, 6.45) is 6.16. The topological polar surface area (TPSA) is 76.2 Å². The van der Waals surface area contributed by atoms with Gasteiger partial charge in [-0.15, -0.1) is 24.8 Å². The maximum Gasteiger partial charge on any atom is 0.223 e. The van der Waals surface area contributed by atoms with Crippen molar-refractivity contribution in [2.75, 3.05) is 19.6 Å². The van der Waals surface area contributed by atoms with E-state index in [9.17, 15) is 4.79 Å². The van der Waals surface area contributed by atoms with Gasteiger partial charge in [-0.2, -0.15) is 0 Å². The van der Waals surface area contributed by atoms with Crippen molar-refractivity contribution in [3.8, 4) is 11.3 Å². The minimum atomic E-state index is -0.0598. The molecule has 1 amide bonds. The van der Waals surface area contributed by atoms with Crippen LogP contribution in [0.2, 0.25) is 5.02 Å². The highest BCUT2D eigenvalue weighted by atomic mass is 35.5. The van der Waals surface area contributed by atoms with Gasteiger partial charge in [-0.05, 0) is 24.3 Å². The van der Waals surface area contributed by atoms with Crippen molar-refractivity contribution in [2.24, 2.45) is 7.05 Å². The van der Waals surface area contributed by atoms with Gasteiger partial charge in [0, 0.05) is 62.5 Å². The first-order chi connectivity index (χ1) is 13.6. The second-order valence-electron chi connectivity index (χ2n) is 6.83. The number of piperazine rings is 1. The Balaban J connectivity index is 0.00000160. The lowest BCUT2D eigenvalue weighted by atomic mass is 10.1. The van der Waals surface area contributed by atoms with Gasteiger partial charge in [0.15, 0.2) is 11.7 Å². The summed E-state index contributed by atoms with van der Waals surface area (Å²) >= 11 is 5.92. The van der Waals surface area contributed by atoms with Crippen molar-refractivity contribution in [1.29, 1.82) is 0 Å². The molecule has 1 fully saturated rings. The Morgan fingerprint density at radius 3 is 2.73 bits per heavy atom. The third-order valence-electron chi connectivity index (χ3n) is 4.96. The average Bonchev–Trinajstić information content (AvgIpc) is 3.36. The monoisotopic (exact) mass is 471 g/mol. The highest BCUT2D eigenvalue weighted by molar-refractivity contribution is 6.30. The molecule has 1 atom stereocenters. The summed E-state index contributed by atoms with van der Waals surface area (Å²) in [7, 11) is 1.95. The zero-order valence-electron chi connectivity index (χ0n) is 16.5. The van der Waals surface area contributed by atoms with Crippen LogP contribution in [0.25, 0.3) is 11.3 Å². The number of aromatic nitrogens is 3. The third kappa shape index (κ3) is 5.35. The smallest absolute Gasteiger partial charge is 0.223 e. The summed E-state index contributed by atoms with van der Waals surface area (Å²) in [5, 5.41) is 4.02. The summed E-state index contributed by atoms with van der Waals surface area (Å²) in [6, 6.07) is 7.33. The zero-order valence-corrected chi connectivity index (χ0v) is 18.8. The standard InChI is InChI=1S/C20H22ClN5O2.2ClH/c1-25-10-9-23-20(25)16-12-22-8-11-26(16)19(27)7-6-18-24-13-17(28-18)14-2-4-15(21)5-3-14;;/h2-5,9-10,13,16,22H,6-8,11-12H2,1H3;2*1H. The highest BCUT2D eigenvalue weighted by Gasteiger charge is 2.30. The second kappa shape index (κ2) is 10.8. The van der Waals surface area contributed by atoms with E-state index in [1.165, 1.54) is 0 Å². The minimum absolute atomic E-state index is 0. The molecule has 1 unspecified atom stereocenters.